The first-order valence-corrected chi connectivity index (χ1v) is 6.65. The Bertz CT molecular complexity index is 588. The van der Waals surface area contributed by atoms with Crippen LogP contribution in [-0.2, 0) is 6.54 Å². The molecule has 0 amide bonds. The molecule has 0 unspecified atom stereocenters. The molecule has 19 heavy (non-hydrogen) atoms. The highest BCUT2D eigenvalue weighted by molar-refractivity contribution is 7.99. The van der Waals surface area contributed by atoms with Gasteiger partial charge in [0.05, 0.1) is 4.90 Å². The van der Waals surface area contributed by atoms with E-state index >= 15 is 0 Å². The molecule has 1 N–H and O–H groups in total. The highest BCUT2D eigenvalue weighted by Gasteiger charge is 2.09. The molecule has 100 valence electrons. The number of nitrogens with one attached hydrogen (secondary N) is 1. The molecule has 0 radical (unpaired) electrons. The van der Waals surface area contributed by atoms with Gasteiger partial charge in [-0.05, 0) is 43.3 Å². The van der Waals surface area contributed by atoms with Gasteiger partial charge < -0.3 is 5.32 Å². The Labute approximate surface area is 115 Å². The van der Waals surface area contributed by atoms with Crippen LogP contribution >= 0.6 is 11.8 Å². The average Bonchev–Trinajstić information content (AvgIpc) is 2.37. The quantitative estimate of drug-likeness (QED) is 0.927. The van der Waals surface area contributed by atoms with Gasteiger partial charge in [0.25, 0.3) is 0 Å². The van der Waals surface area contributed by atoms with Gasteiger partial charge in [-0.2, -0.15) is 0 Å². The third kappa shape index (κ3) is 3.52. The van der Waals surface area contributed by atoms with E-state index in [9.17, 15) is 8.78 Å². The molecule has 5 heteroatoms. The Morgan fingerprint density at radius 1 is 1.26 bits per heavy atom. The van der Waals surface area contributed by atoms with Crippen molar-refractivity contribution in [1.82, 2.24) is 10.3 Å². The van der Waals surface area contributed by atoms with E-state index in [0.717, 1.165) is 41.6 Å². The minimum absolute atomic E-state index is 0.247. The SMILES string of the molecule is CNCc1cnc(Sc2cc(F)ccc2F)c(C)c1. The Balaban J connectivity index is 2.25. The number of rotatable bonds is 4. The molecule has 0 atom stereocenters. The molecule has 0 aliphatic heterocycles. The first-order chi connectivity index (χ1) is 9.10. The second-order valence-electron chi connectivity index (χ2n) is 4.17. The van der Waals surface area contributed by atoms with E-state index < -0.39 is 11.6 Å². The number of halogens is 2. The molecule has 1 aromatic carbocycles. The maximum absolute atomic E-state index is 13.6. The molecular formula is C14H14F2N2S. The summed E-state index contributed by atoms with van der Waals surface area (Å²) in [6.07, 6.45) is 1.74. The summed E-state index contributed by atoms with van der Waals surface area (Å²) in [4.78, 5) is 4.54. The predicted octanol–water partition coefficient (Wildman–Crippen LogP) is 3.54. The van der Waals surface area contributed by atoms with Gasteiger partial charge in [-0.3, -0.25) is 0 Å². The largest absolute Gasteiger partial charge is 0.316 e. The highest BCUT2D eigenvalue weighted by atomic mass is 32.2. The smallest absolute Gasteiger partial charge is 0.137 e. The van der Waals surface area contributed by atoms with Crippen LogP contribution in [0.3, 0.4) is 0 Å². The van der Waals surface area contributed by atoms with Crippen molar-refractivity contribution in [3.63, 3.8) is 0 Å². The lowest BCUT2D eigenvalue weighted by molar-refractivity contribution is 0.577. The fourth-order valence-corrected chi connectivity index (χ4v) is 2.56. The Hall–Kier alpha value is -1.46. The van der Waals surface area contributed by atoms with E-state index in [1.807, 2.05) is 20.0 Å². The van der Waals surface area contributed by atoms with Crippen LogP contribution in [0.4, 0.5) is 8.78 Å². The third-order valence-electron chi connectivity index (χ3n) is 2.57. The highest BCUT2D eigenvalue weighted by Crippen LogP contribution is 2.31. The van der Waals surface area contributed by atoms with Crippen molar-refractivity contribution in [1.29, 1.82) is 0 Å². The zero-order valence-electron chi connectivity index (χ0n) is 10.7. The van der Waals surface area contributed by atoms with Crippen molar-refractivity contribution < 1.29 is 8.78 Å². The van der Waals surface area contributed by atoms with Crippen molar-refractivity contribution in [3.8, 4) is 0 Å². The number of pyridine rings is 1. The summed E-state index contributed by atoms with van der Waals surface area (Å²) in [5.41, 5.74) is 2.01. The maximum Gasteiger partial charge on any atom is 0.137 e. The summed E-state index contributed by atoms with van der Waals surface area (Å²) in [5.74, 6) is -0.889. The Morgan fingerprint density at radius 2 is 2.05 bits per heavy atom. The summed E-state index contributed by atoms with van der Waals surface area (Å²) in [6, 6.07) is 5.41. The molecule has 0 fully saturated rings. The van der Waals surface area contributed by atoms with Crippen LogP contribution in [-0.4, -0.2) is 12.0 Å². The lowest BCUT2D eigenvalue weighted by atomic mass is 10.2. The van der Waals surface area contributed by atoms with Crippen LogP contribution in [0.15, 0.2) is 40.4 Å². The van der Waals surface area contributed by atoms with Gasteiger partial charge in [0, 0.05) is 12.7 Å². The topological polar surface area (TPSA) is 24.9 Å². The molecule has 0 saturated carbocycles. The van der Waals surface area contributed by atoms with E-state index in [0.29, 0.717) is 5.03 Å². The second kappa shape index (κ2) is 6.12. The second-order valence-corrected chi connectivity index (χ2v) is 5.20. The van der Waals surface area contributed by atoms with Gasteiger partial charge in [-0.15, -0.1) is 0 Å². The number of nitrogens with zero attached hydrogens (tertiary/aromatic N) is 1. The monoisotopic (exact) mass is 280 g/mol. The lowest BCUT2D eigenvalue weighted by Crippen LogP contribution is -2.05. The normalized spacial score (nSPS) is 10.7. The summed E-state index contributed by atoms with van der Waals surface area (Å²) < 4.78 is 26.7. The molecule has 1 aromatic heterocycles. The van der Waals surface area contributed by atoms with Crippen LogP contribution < -0.4 is 5.32 Å². The first kappa shape index (κ1) is 14.0. The zero-order chi connectivity index (χ0) is 13.8. The number of hydrogen-bond acceptors (Lipinski definition) is 3. The molecule has 0 bridgehead atoms. The molecule has 0 aliphatic carbocycles. The van der Waals surface area contributed by atoms with Crippen molar-refractivity contribution >= 4 is 11.8 Å². The van der Waals surface area contributed by atoms with E-state index in [2.05, 4.69) is 10.3 Å². The van der Waals surface area contributed by atoms with E-state index in [4.69, 9.17) is 0 Å². The maximum atomic E-state index is 13.6. The number of aryl methyl sites for hydroxylation is 1. The van der Waals surface area contributed by atoms with Crippen LogP contribution in [0.2, 0.25) is 0 Å². The van der Waals surface area contributed by atoms with Gasteiger partial charge in [0.2, 0.25) is 0 Å². The molecule has 0 spiro atoms. The van der Waals surface area contributed by atoms with Gasteiger partial charge in [-0.25, -0.2) is 13.8 Å². The molecule has 0 aliphatic rings. The summed E-state index contributed by atoms with van der Waals surface area (Å²) in [6.45, 7) is 2.64. The van der Waals surface area contributed by atoms with Crippen molar-refractivity contribution in [2.24, 2.45) is 0 Å². The van der Waals surface area contributed by atoms with E-state index in [1.54, 1.807) is 6.20 Å². The Kier molecular flexibility index (Phi) is 4.50. The molecule has 1 heterocycles. The average molecular weight is 280 g/mol. The molecule has 2 nitrogen and oxygen atoms in total. The summed E-state index contributed by atoms with van der Waals surface area (Å²) in [7, 11) is 1.86. The summed E-state index contributed by atoms with van der Waals surface area (Å²) >= 11 is 1.14. The standard InChI is InChI=1S/C14H14F2N2S/c1-9-5-10(7-17-2)8-18-14(9)19-13-6-11(15)3-4-12(13)16/h3-6,8,17H,7H2,1-2H3. The van der Waals surface area contributed by atoms with Crippen LogP contribution in [0.5, 0.6) is 0 Å². The minimum Gasteiger partial charge on any atom is -0.316 e. The van der Waals surface area contributed by atoms with Crippen molar-refractivity contribution in [2.45, 2.75) is 23.4 Å². The van der Waals surface area contributed by atoms with Gasteiger partial charge in [-0.1, -0.05) is 17.8 Å². The van der Waals surface area contributed by atoms with Crippen molar-refractivity contribution in [2.75, 3.05) is 7.05 Å². The summed E-state index contributed by atoms with van der Waals surface area (Å²) in [5, 5.41) is 3.73. The molecule has 2 rings (SSSR count). The third-order valence-corrected chi connectivity index (χ3v) is 3.72. The van der Waals surface area contributed by atoms with Crippen molar-refractivity contribution in [3.05, 3.63) is 53.2 Å². The Morgan fingerprint density at radius 3 is 2.74 bits per heavy atom. The molecule has 0 saturated heterocycles. The fourth-order valence-electron chi connectivity index (χ4n) is 1.69. The van der Waals surface area contributed by atoms with Crippen LogP contribution in [0.25, 0.3) is 0 Å². The molecular weight excluding hydrogens is 266 g/mol. The number of hydrogen-bond donors (Lipinski definition) is 1. The number of aromatic nitrogens is 1. The van der Waals surface area contributed by atoms with E-state index in [1.165, 1.54) is 6.07 Å². The minimum atomic E-state index is -0.451. The van der Waals surface area contributed by atoms with Crippen LogP contribution in [0, 0.1) is 18.6 Å². The fraction of sp³-hybridized carbons (Fsp3) is 0.214. The number of benzene rings is 1. The van der Waals surface area contributed by atoms with E-state index in [-0.39, 0.29) is 4.90 Å². The molecule has 2 aromatic rings. The van der Waals surface area contributed by atoms with Gasteiger partial charge in [0.1, 0.15) is 16.7 Å². The van der Waals surface area contributed by atoms with Gasteiger partial charge in [0.15, 0.2) is 0 Å². The zero-order valence-corrected chi connectivity index (χ0v) is 11.5. The predicted molar refractivity (Wildman–Crippen MR) is 72.2 cm³/mol. The lowest BCUT2D eigenvalue weighted by Gasteiger charge is -2.08. The first-order valence-electron chi connectivity index (χ1n) is 5.83. The van der Waals surface area contributed by atoms with Gasteiger partial charge >= 0.3 is 0 Å². The van der Waals surface area contributed by atoms with Crippen LogP contribution in [0.1, 0.15) is 11.1 Å².